The van der Waals surface area contributed by atoms with Crippen LogP contribution in [0.15, 0.2) is 66.7 Å². The van der Waals surface area contributed by atoms with Crippen molar-refractivity contribution < 1.29 is 24.2 Å². The average molecular weight is 410 g/mol. The summed E-state index contributed by atoms with van der Waals surface area (Å²) in [5, 5.41) is 19.1. The maximum absolute atomic E-state index is 14.6. The van der Waals surface area contributed by atoms with E-state index in [4.69, 9.17) is 5.11 Å². The quantitative estimate of drug-likeness (QED) is 0.350. The Hall–Kier alpha value is -2.79. The molecule has 2 aromatic rings. The number of ketones is 1. The van der Waals surface area contributed by atoms with Crippen LogP contribution in [0.1, 0.15) is 59.5 Å². The number of aliphatic hydroxyl groups is 1. The number of hydrogen-bond donors (Lipinski definition) is 2. The number of rotatable bonds is 9. The monoisotopic (exact) mass is 410 g/mol. The van der Waals surface area contributed by atoms with Crippen molar-refractivity contribution >= 4 is 11.8 Å². The minimum Gasteiger partial charge on any atom is -0.481 e. The van der Waals surface area contributed by atoms with Gasteiger partial charge < -0.3 is 10.2 Å². The third-order valence-electron chi connectivity index (χ3n) is 5.74. The fraction of sp³-hybridized carbons (Fsp3) is 0.360. The zero-order valence-electron chi connectivity index (χ0n) is 16.8. The molecule has 2 N–H and O–H groups in total. The molecule has 0 radical (unpaired) electrons. The summed E-state index contributed by atoms with van der Waals surface area (Å²) in [5.74, 6) is -1.56. The number of carbonyl (C=O) groups is 2. The summed E-state index contributed by atoms with van der Waals surface area (Å²) in [5.41, 5.74) is 2.00. The number of hydrogen-bond acceptors (Lipinski definition) is 3. The molecule has 0 aromatic heterocycles. The first-order valence-corrected chi connectivity index (χ1v) is 10.4. The lowest BCUT2D eigenvalue weighted by molar-refractivity contribution is -0.137. The third-order valence-corrected chi connectivity index (χ3v) is 5.74. The highest BCUT2D eigenvalue weighted by Crippen LogP contribution is 2.43. The van der Waals surface area contributed by atoms with Gasteiger partial charge in [-0.1, -0.05) is 66.7 Å². The van der Waals surface area contributed by atoms with E-state index < -0.39 is 18.2 Å². The van der Waals surface area contributed by atoms with Crippen LogP contribution in [-0.4, -0.2) is 34.2 Å². The van der Waals surface area contributed by atoms with Crippen molar-refractivity contribution in [2.24, 2.45) is 5.92 Å². The maximum Gasteiger partial charge on any atom is 0.303 e. The van der Waals surface area contributed by atoms with Crippen molar-refractivity contribution in [3.8, 4) is 0 Å². The summed E-state index contributed by atoms with van der Waals surface area (Å²) >= 11 is 0. The topological polar surface area (TPSA) is 74.6 Å². The summed E-state index contributed by atoms with van der Waals surface area (Å²) in [6.07, 6.45) is 3.82. The Morgan fingerprint density at radius 3 is 2.33 bits per heavy atom. The molecular formula is C25H27FO4. The number of halogens is 1. The number of allylic oxidation sites excluding steroid dienone is 2. The Morgan fingerprint density at radius 1 is 1.00 bits per heavy atom. The van der Waals surface area contributed by atoms with Gasteiger partial charge in [0.1, 0.15) is 6.17 Å². The van der Waals surface area contributed by atoms with Crippen LogP contribution in [0.3, 0.4) is 0 Å². The molecule has 0 aliphatic heterocycles. The number of carboxylic acid groups (broad SMARTS) is 1. The summed E-state index contributed by atoms with van der Waals surface area (Å²) in [6, 6.07) is 16.1. The van der Waals surface area contributed by atoms with Crippen molar-refractivity contribution in [1.29, 1.82) is 0 Å². The van der Waals surface area contributed by atoms with Gasteiger partial charge in [0.15, 0.2) is 5.78 Å². The number of aliphatic hydroxyl groups excluding tert-OH is 1. The highest BCUT2D eigenvalue weighted by molar-refractivity contribution is 6.08. The zero-order chi connectivity index (χ0) is 21.5. The van der Waals surface area contributed by atoms with Gasteiger partial charge in [-0.25, -0.2) is 4.39 Å². The smallest absolute Gasteiger partial charge is 0.303 e. The SMILES string of the molecule is O=C(O)CCC/C=C\CC1C(c2ccc(C(=O)c3ccccc3)cc2)[C@H](O)C[C@H]1F. The Kier molecular flexibility index (Phi) is 7.52. The fourth-order valence-corrected chi connectivity index (χ4v) is 4.18. The minimum atomic E-state index is -1.10. The first kappa shape index (κ1) is 21.9. The van der Waals surface area contributed by atoms with Crippen LogP contribution in [0.25, 0.3) is 0 Å². The molecule has 0 bridgehead atoms. The van der Waals surface area contributed by atoms with Crippen LogP contribution in [-0.2, 0) is 4.79 Å². The van der Waals surface area contributed by atoms with Crippen molar-refractivity contribution in [1.82, 2.24) is 0 Å². The Bertz CT molecular complexity index is 876. The molecule has 1 fully saturated rings. The second kappa shape index (κ2) is 10.3. The van der Waals surface area contributed by atoms with Crippen molar-refractivity contribution in [3.63, 3.8) is 0 Å². The molecule has 0 spiro atoms. The van der Waals surface area contributed by atoms with Crippen LogP contribution >= 0.6 is 0 Å². The molecule has 0 heterocycles. The van der Waals surface area contributed by atoms with Crippen molar-refractivity contribution in [2.75, 3.05) is 0 Å². The Labute approximate surface area is 176 Å². The van der Waals surface area contributed by atoms with Gasteiger partial charge in [-0.2, -0.15) is 0 Å². The van der Waals surface area contributed by atoms with Gasteiger partial charge in [0.25, 0.3) is 0 Å². The molecule has 4 nitrogen and oxygen atoms in total. The second-order valence-corrected chi connectivity index (χ2v) is 7.82. The lowest BCUT2D eigenvalue weighted by atomic mass is 9.84. The van der Waals surface area contributed by atoms with E-state index in [9.17, 15) is 19.1 Å². The molecule has 0 amide bonds. The summed E-state index contributed by atoms with van der Waals surface area (Å²) in [7, 11) is 0. The number of carboxylic acids is 1. The number of alkyl halides is 1. The van der Waals surface area contributed by atoms with Crippen LogP contribution in [0.5, 0.6) is 0 Å². The van der Waals surface area contributed by atoms with E-state index in [0.29, 0.717) is 30.4 Å². The molecule has 30 heavy (non-hydrogen) atoms. The molecule has 158 valence electrons. The van der Waals surface area contributed by atoms with Crippen molar-refractivity contribution in [3.05, 3.63) is 83.4 Å². The fourth-order valence-electron chi connectivity index (χ4n) is 4.18. The first-order valence-electron chi connectivity index (χ1n) is 10.4. The number of aliphatic carboxylic acids is 1. The van der Waals surface area contributed by atoms with Crippen LogP contribution < -0.4 is 0 Å². The van der Waals surface area contributed by atoms with E-state index in [2.05, 4.69) is 0 Å². The molecule has 2 aromatic carbocycles. The number of unbranched alkanes of at least 4 members (excludes halogenated alkanes) is 1. The lowest BCUT2D eigenvalue weighted by Crippen LogP contribution is -2.18. The standard InChI is InChI=1S/C25H27FO4/c26-21-16-22(27)24(20(21)10-6-1-2-7-11-23(28)29)17-12-14-19(15-13-17)25(30)18-8-4-3-5-9-18/h1,3-6,8-9,12-15,20-22,24,27H,2,7,10-11,16H2,(H,28,29)/b6-1-/t20?,21-,22-,24?/m1/s1. The summed E-state index contributed by atoms with van der Waals surface area (Å²) in [6.45, 7) is 0. The van der Waals surface area contributed by atoms with Gasteiger partial charge in [-0.15, -0.1) is 0 Å². The Balaban J connectivity index is 1.67. The van der Waals surface area contributed by atoms with E-state index in [1.807, 2.05) is 42.5 Å². The summed E-state index contributed by atoms with van der Waals surface area (Å²) < 4.78 is 14.6. The molecule has 5 heteroatoms. The normalized spacial score (nSPS) is 23.7. The van der Waals surface area contributed by atoms with Gasteiger partial charge >= 0.3 is 5.97 Å². The van der Waals surface area contributed by atoms with Crippen LogP contribution in [0, 0.1) is 5.92 Å². The first-order chi connectivity index (χ1) is 14.5. The minimum absolute atomic E-state index is 0.0710. The van der Waals surface area contributed by atoms with Gasteiger partial charge in [-0.3, -0.25) is 9.59 Å². The highest BCUT2D eigenvalue weighted by Gasteiger charge is 2.42. The zero-order valence-corrected chi connectivity index (χ0v) is 16.8. The molecule has 4 atom stereocenters. The van der Waals surface area contributed by atoms with Crippen molar-refractivity contribution in [2.45, 2.75) is 50.3 Å². The van der Waals surface area contributed by atoms with Gasteiger partial charge in [-0.05, 0) is 24.8 Å². The average Bonchev–Trinajstić information content (AvgIpc) is 3.03. The van der Waals surface area contributed by atoms with E-state index in [-0.39, 0.29) is 30.5 Å². The molecule has 2 unspecified atom stereocenters. The van der Waals surface area contributed by atoms with Crippen LogP contribution in [0.2, 0.25) is 0 Å². The van der Waals surface area contributed by atoms with Gasteiger partial charge in [0.2, 0.25) is 0 Å². The van der Waals surface area contributed by atoms with Crippen LogP contribution in [0.4, 0.5) is 4.39 Å². The molecule has 1 saturated carbocycles. The predicted molar refractivity (Wildman–Crippen MR) is 113 cm³/mol. The third kappa shape index (κ3) is 5.42. The van der Waals surface area contributed by atoms with E-state index in [0.717, 1.165) is 5.56 Å². The van der Waals surface area contributed by atoms with E-state index >= 15 is 0 Å². The molecule has 3 rings (SSSR count). The number of benzene rings is 2. The molecule has 0 saturated heterocycles. The largest absolute Gasteiger partial charge is 0.481 e. The molecule has 1 aliphatic rings. The second-order valence-electron chi connectivity index (χ2n) is 7.82. The highest BCUT2D eigenvalue weighted by atomic mass is 19.1. The molecule has 1 aliphatic carbocycles. The lowest BCUT2D eigenvalue weighted by Gasteiger charge is -2.22. The maximum atomic E-state index is 14.6. The Morgan fingerprint density at radius 2 is 1.67 bits per heavy atom. The summed E-state index contributed by atoms with van der Waals surface area (Å²) in [4.78, 5) is 23.1. The van der Waals surface area contributed by atoms with Gasteiger partial charge in [0.05, 0.1) is 6.10 Å². The van der Waals surface area contributed by atoms with Gasteiger partial charge in [0, 0.05) is 35.8 Å². The predicted octanol–water partition coefficient (Wildman–Crippen LogP) is 4.92. The molecular weight excluding hydrogens is 383 g/mol. The number of carbonyl (C=O) groups excluding carboxylic acids is 1. The van der Waals surface area contributed by atoms with E-state index in [1.54, 1.807) is 24.3 Å². The van der Waals surface area contributed by atoms with E-state index in [1.165, 1.54) is 0 Å².